The lowest BCUT2D eigenvalue weighted by Gasteiger charge is -2.32. The van der Waals surface area contributed by atoms with Crippen LogP contribution in [0.4, 0.5) is 4.39 Å². The number of halogens is 1. The maximum absolute atomic E-state index is 13.6. The molecule has 1 saturated carbocycles. The third-order valence-corrected chi connectivity index (χ3v) is 4.27. The van der Waals surface area contributed by atoms with Gasteiger partial charge in [-0.1, -0.05) is 31.9 Å². The smallest absolute Gasteiger partial charge is 0.126 e. The van der Waals surface area contributed by atoms with E-state index >= 15 is 0 Å². The monoisotopic (exact) mass is 249 g/mol. The van der Waals surface area contributed by atoms with Gasteiger partial charge in [-0.05, 0) is 49.8 Å². The van der Waals surface area contributed by atoms with Crippen LogP contribution in [-0.4, -0.2) is 6.04 Å². The first kappa shape index (κ1) is 13.5. The predicted octanol–water partition coefficient (Wildman–Crippen LogP) is 4.36. The molecule has 2 heteroatoms. The normalized spacial score (nSPS) is 26.0. The fraction of sp³-hybridized carbons (Fsp3) is 0.625. The Bertz CT molecular complexity index is 402. The minimum atomic E-state index is -0.0992. The van der Waals surface area contributed by atoms with Gasteiger partial charge in [0.2, 0.25) is 0 Å². The molecule has 0 saturated heterocycles. The molecular weight excluding hydrogens is 225 g/mol. The van der Waals surface area contributed by atoms with Crippen LogP contribution < -0.4 is 5.32 Å². The van der Waals surface area contributed by atoms with Crippen molar-refractivity contribution in [2.45, 2.75) is 58.5 Å². The van der Waals surface area contributed by atoms with Gasteiger partial charge in [-0.15, -0.1) is 0 Å². The van der Waals surface area contributed by atoms with E-state index in [2.05, 4.69) is 19.2 Å². The number of aryl methyl sites for hydroxylation is 1. The fourth-order valence-corrected chi connectivity index (χ4v) is 2.86. The Labute approximate surface area is 110 Å². The van der Waals surface area contributed by atoms with Crippen LogP contribution >= 0.6 is 0 Å². The SMILES string of the molecule is Cc1ccc(C(C)NC2CCCCC2C)cc1F. The van der Waals surface area contributed by atoms with E-state index in [9.17, 15) is 4.39 Å². The van der Waals surface area contributed by atoms with Gasteiger partial charge in [-0.25, -0.2) is 4.39 Å². The average Bonchev–Trinajstić information content (AvgIpc) is 2.35. The van der Waals surface area contributed by atoms with Gasteiger partial charge < -0.3 is 5.32 Å². The van der Waals surface area contributed by atoms with E-state index in [0.29, 0.717) is 6.04 Å². The highest BCUT2D eigenvalue weighted by atomic mass is 19.1. The Morgan fingerprint density at radius 3 is 2.67 bits per heavy atom. The molecule has 1 aromatic carbocycles. The maximum atomic E-state index is 13.6. The van der Waals surface area contributed by atoms with Gasteiger partial charge in [0.05, 0.1) is 0 Å². The van der Waals surface area contributed by atoms with Crippen molar-refractivity contribution in [3.8, 4) is 0 Å². The molecule has 18 heavy (non-hydrogen) atoms. The Morgan fingerprint density at radius 1 is 1.28 bits per heavy atom. The summed E-state index contributed by atoms with van der Waals surface area (Å²) in [6, 6.07) is 6.38. The van der Waals surface area contributed by atoms with E-state index in [1.54, 1.807) is 13.0 Å². The summed E-state index contributed by atoms with van der Waals surface area (Å²) in [4.78, 5) is 0. The highest BCUT2D eigenvalue weighted by Gasteiger charge is 2.22. The largest absolute Gasteiger partial charge is 0.307 e. The molecule has 0 radical (unpaired) electrons. The lowest BCUT2D eigenvalue weighted by molar-refractivity contribution is 0.263. The van der Waals surface area contributed by atoms with Crippen molar-refractivity contribution < 1.29 is 4.39 Å². The molecule has 1 aliphatic rings. The van der Waals surface area contributed by atoms with Crippen LogP contribution in [-0.2, 0) is 0 Å². The third-order valence-electron chi connectivity index (χ3n) is 4.27. The lowest BCUT2D eigenvalue weighted by atomic mass is 9.85. The van der Waals surface area contributed by atoms with Gasteiger partial charge in [0.15, 0.2) is 0 Å². The van der Waals surface area contributed by atoms with Gasteiger partial charge in [-0.3, -0.25) is 0 Å². The van der Waals surface area contributed by atoms with Crippen molar-refractivity contribution >= 4 is 0 Å². The average molecular weight is 249 g/mol. The predicted molar refractivity (Wildman–Crippen MR) is 74.1 cm³/mol. The summed E-state index contributed by atoms with van der Waals surface area (Å²) in [6.07, 6.45) is 5.23. The van der Waals surface area contributed by atoms with Crippen LogP contribution in [0.2, 0.25) is 0 Å². The minimum Gasteiger partial charge on any atom is -0.307 e. The van der Waals surface area contributed by atoms with Gasteiger partial charge in [0, 0.05) is 12.1 Å². The second kappa shape index (κ2) is 5.83. The van der Waals surface area contributed by atoms with Crippen molar-refractivity contribution in [3.05, 3.63) is 35.1 Å². The van der Waals surface area contributed by atoms with Crippen LogP contribution in [0.3, 0.4) is 0 Å². The Balaban J connectivity index is 2.02. The molecule has 0 aliphatic heterocycles. The summed E-state index contributed by atoms with van der Waals surface area (Å²) >= 11 is 0. The highest BCUT2D eigenvalue weighted by Crippen LogP contribution is 2.26. The van der Waals surface area contributed by atoms with Crippen molar-refractivity contribution in [2.24, 2.45) is 5.92 Å². The first-order chi connectivity index (χ1) is 8.58. The van der Waals surface area contributed by atoms with Crippen LogP contribution in [0.1, 0.15) is 56.7 Å². The molecule has 0 aromatic heterocycles. The van der Waals surface area contributed by atoms with Crippen molar-refractivity contribution in [1.29, 1.82) is 0 Å². The Kier molecular flexibility index (Phi) is 4.39. The van der Waals surface area contributed by atoms with Gasteiger partial charge in [0.1, 0.15) is 5.82 Å². The molecule has 1 aliphatic carbocycles. The standard InChI is InChI=1S/C16H24FN/c1-11-8-9-14(10-15(11)17)13(3)18-16-7-5-4-6-12(16)2/h8-10,12-13,16,18H,4-7H2,1-3H3. The van der Waals surface area contributed by atoms with Crippen LogP contribution in [0.15, 0.2) is 18.2 Å². The second-order valence-corrected chi connectivity index (χ2v) is 5.77. The summed E-state index contributed by atoms with van der Waals surface area (Å²) in [6.45, 7) is 6.26. The van der Waals surface area contributed by atoms with E-state index in [0.717, 1.165) is 17.0 Å². The van der Waals surface area contributed by atoms with Crippen LogP contribution in [0, 0.1) is 18.7 Å². The van der Waals surface area contributed by atoms with Gasteiger partial charge in [-0.2, -0.15) is 0 Å². The molecule has 0 amide bonds. The number of benzene rings is 1. The zero-order chi connectivity index (χ0) is 13.1. The molecule has 100 valence electrons. The molecule has 1 fully saturated rings. The topological polar surface area (TPSA) is 12.0 Å². The van der Waals surface area contributed by atoms with E-state index in [-0.39, 0.29) is 11.9 Å². The summed E-state index contributed by atoms with van der Waals surface area (Å²) in [5, 5.41) is 3.66. The first-order valence-electron chi connectivity index (χ1n) is 7.10. The number of hydrogen-bond acceptors (Lipinski definition) is 1. The molecule has 0 bridgehead atoms. The first-order valence-corrected chi connectivity index (χ1v) is 7.10. The van der Waals surface area contributed by atoms with E-state index < -0.39 is 0 Å². The van der Waals surface area contributed by atoms with Gasteiger partial charge >= 0.3 is 0 Å². The summed E-state index contributed by atoms with van der Waals surface area (Å²) < 4.78 is 13.6. The van der Waals surface area contributed by atoms with E-state index in [4.69, 9.17) is 0 Å². The summed E-state index contributed by atoms with van der Waals surface area (Å²) in [5.74, 6) is 0.634. The highest BCUT2D eigenvalue weighted by molar-refractivity contribution is 5.25. The number of nitrogens with one attached hydrogen (secondary N) is 1. The van der Waals surface area contributed by atoms with E-state index in [1.807, 2.05) is 12.1 Å². The van der Waals surface area contributed by atoms with Crippen molar-refractivity contribution in [1.82, 2.24) is 5.32 Å². The molecule has 0 heterocycles. The zero-order valence-corrected chi connectivity index (χ0v) is 11.7. The third kappa shape index (κ3) is 3.11. The number of rotatable bonds is 3. The zero-order valence-electron chi connectivity index (χ0n) is 11.7. The maximum Gasteiger partial charge on any atom is 0.126 e. The molecule has 0 spiro atoms. The quantitative estimate of drug-likeness (QED) is 0.839. The van der Waals surface area contributed by atoms with Crippen molar-refractivity contribution in [2.75, 3.05) is 0 Å². The molecule has 1 N–H and O–H groups in total. The molecular formula is C16H24FN. The molecule has 3 unspecified atom stereocenters. The fourth-order valence-electron chi connectivity index (χ4n) is 2.86. The minimum absolute atomic E-state index is 0.0992. The molecule has 1 nitrogen and oxygen atoms in total. The van der Waals surface area contributed by atoms with Crippen LogP contribution in [0.5, 0.6) is 0 Å². The lowest BCUT2D eigenvalue weighted by Crippen LogP contribution is -2.38. The molecule has 2 rings (SSSR count). The Morgan fingerprint density at radius 2 is 2.00 bits per heavy atom. The van der Waals surface area contributed by atoms with Gasteiger partial charge in [0.25, 0.3) is 0 Å². The summed E-state index contributed by atoms with van der Waals surface area (Å²) in [7, 11) is 0. The van der Waals surface area contributed by atoms with Crippen molar-refractivity contribution in [3.63, 3.8) is 0 Å². The second-order valence-electron chi connectivity index (χ2n) is 5.77. The van der Waals surface area contributed by atoms with E-state index in [1.165, 1.54) is 25.7 Å². The molecule has 1 aromatic rings. The van der Waals surface area contributed by atoms with Crippen LogP contribution in [0.25, 0.3) is 0 Å². The Hall–Kier alpha value is -0.890. The number of hydrogen-bond donors (Lipinski definition) is 1. The summed E-state index contributed by atoms with van der Waals surface area (Å²) in [5.41, 5.74) is 1.77. The molecule has 3 atom stereocenters.